The third kappa shape index (κ3) is 6.79. The maximum atomic E-state index is 9.06. The number of rotatable bonds is 9. The molecule has 0 spiro atoms. The van der Waals surface area contributed by atoms with Gasteiger partial charge in [0.25, 0.3) is 0 Å². The predicted octanol–water partition coefficient (Wildman–Crippen LogP) is 4.39. The molecule has 0 heterocycles. The van der Waals surface area contributed by atoms with Crippen LogP contribution in [0.25, 0.3) is 0 Å². The zero-order chi connectivity index (χ0) is 19.4. The Balaban J connectivity index is 2.04. The van der Waals surface area contributed by atoms with Gasteiger partial charge in [0.2, 0.25) is 5.96 Å². The molecule has 0 amide bonds. The maximum absolute atomic E-state index is 9.06. The predicted molar refractivity (Wildman–Crippen MR) is 113 cm³/mol. The standard InChI is InChI=1S/C23H30N4/c1-3-4-16-23(2,21-13-9-6-10-14-21)18-26-22(27-19-24)25-17-15-20-11-7-5-8-12-20/h5-14H,3-4,15-18H2,1-2H3,(H2,25,26,27). The van der Waals surface area contributed by atoms with Gasteiger partial charge in [-0.1, -0.05) is 87.4 Å². The average Bonchev–Trinajstić information content (AvgIpc) is 2.72. The fraction of sp³-hybridized carbons (Fsp3) is 0.391. The SMILES string of the molecule is CCCCC(C)(CN=C(NC#N)NCCc1ccccc1)c1ccccc1. The second-order valence-corrected chi connectivity index (χ2v) is 7.09. The van der Waals surface area contributed by atoms with Gasteiger partial charge in [0.05, 0.1) is 6.54 Å². The van der Waals surface area contributed by atoms with Crippen LogP contribution >= 0.6 is 0 Å². The highest BCUT2D eigenvalue weighted by Crippen LogP contribution is 2.30. The molecule has 4 heteroatoms. The van der Waals surface area contributed by atoms with Crippen molar-refractivity contribution in [2.75, 3.05) is 13.1 Å². The van der Waals surface area contributed by atoms with E-state index in [1.54, 1.807) is 0 Å². The molecule has 0 aliphatic carbocycles. The Labute approximate surface area is 163 Å². The summed E-state index contributed by atoms with van der Waals surface area (Å²) >= 11 is 0. The third-order valence-electron chi connectivity index (χ3n) is 4.86. The molecule has 142 valence electrons. The number of hydrogen-bond donors (Lipinski definition) is 2. The van der Waals surface area contributed by atoms with E-state index in [0.717, 1.165) is 32.2 Å². The number of guanidine groups is 1. The minimum atomic E-state index is -0.0409. The van der Waals surface area contributed by atoms with E-state index in [0.29, 0.717) is 12.5 Å². The smallest absolute Gasteiger partial charge is 0.204 e. The normalized spacial score (nSPS) is 13.4. The summed E-state index contributed by atoms with van der Waals surface area (Å²) in [6.07, 6.45) is 6.26. The lowest BCUT2D eigenvalue weighted by molar-refractivity contribution is 0.427. The van der Waals surface area contributed by atoms with Gasteiger partial charge in [0.1, 0.15) is 0 Å². The Bertz CT molecular complexity index is 734. The highest BCUT2D eigenvalue weighted by molar-refractivity contribution is 5.81. The van der Waals surface area contributed by atoms with Crippen LogP contribution in [0.3, 0.4) is 0 Å². The number of benzene rings is 2. The zero-order valence-corrected chi connectivity index (χ0v) is 16.4. The van der Waals surface area contributed by atoms with Crippen LogP contribution in [0.5, 0.6) is 0 Å². The first-order valence-electron chi connectivity index (χ1n) is 9.71. The lowest BCUT2D eigenvalue weighted by Gasteiger charge is -2.29. The molecular formula is C23H30N4. The molecule has 27 heavy (non-hydrogen) atoms. The van der Waals surface area contributed by atoms with Gasteiger partial charge in [-0.3, -0.25) is 10.3 Å². The van der Waals surface area contributed by atoms with Gasteiger partial charge in [-0.05, 0) is 24.0 Å². The third-order valence-corrected chi connectivity index (χ3v) is 4.86. The molecule has 2 N–H and O–H groups in total. The van der Waals surface area contributed by atoms with E-state index in [1.807, 2.05) is 30.5 Å². The Morgan fingerprint density at radius 2 is 1.74 bits per heavy atom. The van der Waals surface area contributed by atoms with E-state index in [9.17, 15) is 0 Å². The van der Waals surface area contributed by atoms with Crippen LogP contribution in [0.4, 0.5) is 0 Å². The van der Waals surface area contributed by atoms with Gasteiger partial charge >= 0.3 is 0 Å². The van der Waals surface area contributed by atoms with Gasteiger partial charge in [0.15, 0.2) is 6.19 Å². The Morgan fingerprint density at radius 3 is 2.37 bits per heavy atom. The summed E-state index contributed by atoms with van der Waals surface area (Å²) < 4.78 is 0. The highest BCUT2D eigenvalue weighted by Gasteiger charge is 2.25. The topological polar surface area (TPSA) is 60.2 Å². The molecule has 0 saturated heterocycles. The molecule has 0 aliphatic heterocycles. The molecule has 2 aromatic carbocycles. The van der Waals surface area contributed by atoms with Crippen molar-refractivity contribution in [1.29, 1.82) is 5.26 Å². The molecule has 0 aromatic heterocycles. The van der Waals surface area contributed by atoms with Crippen molar-refractivity contribution in [2.24, 2.45) is 4.99 Å². The molecular weight excluding hydrogens is 332 g/mol. The van der Waals surface area contributed by atoms with Crippen molar-refractivity contribution < 1.29 is 0 Å². The first-order valence-corrected chi connectivity index (χ1v) is 9.71. The largest absolute Gasteiger partial charge is 0.355 e. The number of aliphatic imine (C=N–C) groups is 1. The van der Waals surface area contributed by atoms with Crippen molar-refractivity contribution in [3.05, 3.63) is 71.8 Å². The minimum absolute atomic E-state index is 0.0409. The van der Waals surface area contributed by atoms with Crippen molar-refractivity contribution in [1.82, 2.24) is 10.6 Å². The summed E-state index contributed by atoms with van der Waals surface area (Å²) in [6, 6.07) is 20.8. The quantitative estimate of drug-likeness (QED) is 0.301. The van der Waals surface area contributed by atoms with Crippen molar-refractivity contribution in [3.8, 4) is 6.19 Å². The van der Waals surface area contributed by atoms with Gasteiger partial charge < -0.3 is 5.32 Å². The van der Waals surface area contributed by atoms with Crippen LogP contribution in [0.1, 0.15) is 44.2 Å². The molecule has 1 unspecified atom stereocenters. The second-order valence-electron chi connectivity index (χ2n) is 7.09. The van der Waals surface area contributed by atoms with Gasteiger partial charge in [-0.25, -0.2) is 0 Å². The molecule has 0 radical (unpaired) electrons. The first kappa shape index (κ1) is 20.5. The van der Waals surface area contributed by atoms with E-state index in [-0.39, 0.29) is 5.41 Å². The van der Waals surface area contributed by atoms with Crippen LogP contribution in [-0.4, -0.2) is 19.0 Å². The van der Waals surface area contributed by atoms with Crippen LogP contribution < -0.4 is 10.6 Å². The first-order chi connectivity index (χ1) is 13.2. The summed E-state index contributed by atoms with van der Waals surface area (Å²) in [5.74, 6) is 0.548. The molecule has 2 aromatic rings. The number of hydrogen-bond acceptors (Lipinski definition) is 2. The number of unbranched alkanes of at least 4 members (excludes halogenated alkanes) is 1. The Hall–Kier alpha value is -2.80. The van der Waals surface area contributed by atoms with Crippen molar-refractivity contribution in [3.63, 3.8) is 0 Å². The molecule has 0 aliphatic rings. The van der Waals surface area contributed by atoms with E-state index in [4.69, 9.17) is 10.3 Å². The monoisotopic (exact) mass is 362 g/mol. The summed E-state index contributed by atoms with van der Waals surface area (Å²) in [5, 5.41) is 15.0. The maximum Gasteiger partial charge on any atom is 0.204 e. The molecule has 0 fully saturated rings. The number of nitrogens with zero attached hydrogens (tertiary/aromatic N) is 2. The van der Waals surface area contributed by atoms with Crippen LogP contribution in [0.2, 0.25) is 0 Å². The second kappa shape index (κ2) is 11.0. The molecule has 0 bridgehead atoms. The van der Waals surface area contributed by atoms with Crippen LogP contribution in [0, 0.1) is 11.5 Å². The molecule has 4 nitrogen and oxygen atoms in total. The average molecular weight is 363 g/mol. The van der Waals surface area contributed by atoms with Crippen molar-refractivity contribution in [2.45, 2.75) is 44.9 Å². The summed E-state index contributed by atoms with van der Waals surface area (Å²) in [4.78, 5) is 4.72. The Morgan fingerprint density at radius 1 is 1.07 bits per heavy atom. The molecule has 1 atom stereocenters. The number of nitrogens with one attached hydrogen (secondary N) is 2. The fourth-order valence-electron chi connectivity index (χ4n) is 3.14. The van der Waals surface area contributed by atoms with E-state index >= 15 is 0 Å². The van der Waals surface area contributed by atoms with Crippen molar-refractivity contribution >= 4 is 5.96 Å². The fourth-order valence-corrected chi connectivity index (χ4v) is 3.14. The highest BCUT2D eigenvalue weighted by atomic mass is 15.2. The minimum Gasteiger partial charge on any atom is -0.355 e. The lowest BCUT2D eigenvalue weighted by Crippen LogP contribution is -2.37. The van der Waals surface area contributed by atoms with E-state index < -0.39 is 0 Å². The number of nitriles is 1. The van der Waals surface area contributed by atoms with Gasteiger partial charge in [0, 0.05) is 12.0 Å². The lowest BCUT2D eigenvalue weighted by atomic mass is 9.78. The summed E-state index contributed by atoms with van der Waals surface area (Å²) in [6.45, 7) is 5.84. The Kier molecular flexibility index (Phi) is 8.38. The van der Waals surface area contributed by atoms with Crippen LogP contribution in [-0.2, 0) is 11.8 Å². The van der Waals surface area contributed by atoms with Gasteiger partial charge in [-0.15, -0.1) is 0 Å². The molecule has 0 saturated carbocycles. The van der Waals surface area contributed by atoms with E-state index in [2.05, 4.69) is 60.9 Å². The van der Waals surface area contributed by atoms with Gasteiger partial charge in [-0.2, -0.15) is 5.26 Å². The van der Waals surface area contributed by atoms with Crippen LogP contribution in [0.15, 0.2) is 65.7 Å². The summed E-state index contributed by atoms with van der Waals surface area (Å²) in [5.41, 5.74) is 2.52. The summed E-state index contributed by atoms with van der Waals surface area (Å²) in [7, 11) is 0. The zero-order valence-electron chi connectivity index (χ0n) is 16.4. The molecule has 2 rings (SSSR count). The van der Waals surface area contributed by atoms with E-state index in [1.165, 1.54) is 11.1 Å².